The van der Waals surface area contributed by atoms with E-state index >= 15 is 0 Å². The van der Waals surface area contributed by atoms with Crippen molar-refractivity contribution in [2.24, 2.45) is 5.73 Å². The van der Waals surface area contributed by atoms with Crippen molar-refractivity contribution in [3.8, 4) is 11.5 Å². The Morgan fingerprint density at radius 2 is 1.93 bits per heavy atom. The summed E-state index contributed by atoms with van der Waals surface area (Å²) in [5.41, 5.74) is 7.15. The van der Waals surface area contributed by atoms with Crippen LogP contribution < -0.4 is 5.73 Å². The van der Waals surface area contributed by atoms with E-state index in [1.54, 1.807) is 6.26 Å². The molecule has 0 aliphatic rings. The minimum Gasteiger partial charge on any atom is -0.444 e. The van der Waals surface area contributed by atoms with Gasteiger partial charge in [0.1, 0.15) is 6.26 Å². The molecule has 0 atom stereocenters. The maximum absolute atomic E-state index is 5.44. The molecule has 3 nitrogen and oxygen atoms in total. The monoisotopic (exact) mass is 288 g/mol. The molecule has 0 bridgehead atoms. The first-order valence-electron chi connectivity index (χ1n) is 4.20. The Balaban J connectivity index is 0.00000112. The third kappa shape index (κ3) is 2.81. The highest BCUT2D eigenvalue weighted by atomic mass is 79.9. The molecule has 5 heteroatoms. The van der Waals surface area contributed by atoms with Gasteiger partial charge in [0.05, 0.1) is 5.69 Å². The van der Waals surface area contributed by atoms with E-state index in [0.717, 1.165) is 15.7 Å². The van der Waals surface area contributed by atoms with Crippen LogP contribution in [-0.4, -0.2) is 4.98 Å². The highest BCUT2D eigenvalue weighted by Crippen LogP contribution is 2.20. The van der Waals surface area contributed by atoms with Crippen LogP contribution in [0.4, 0.5) is 0 Å². The highest BCUT2D eigenvalue weighted by Gasteiger charge is 2.04. The average molecular weight is 290 g/mol. The van der Waals surface area contributed by atoms with E-state index in [0.29, 0.717) is 12.4 Å². The number of hydrogen-bond acceptors (Lipinski definition) is 3. The molecular weight excluding hydrogens is 279 g/mol. The van der Waals surface area contributed by atoms with Crippen LogP contribution in [0.2, 0.25) is 0 Å². The molecule has 80 valence electrons. The second-order valence-electron chi connectivity index (χ2n) is 2.86. The van der Waals surface area contributed by atoms with Gasteiger partial charge in [-0.15, -0.1) is 12.4 Å². The number of oxazole rings is 1. The smallest absolute Gasteiger partial charge is 0.226 e. The molecule has 0 unspecified atom stereocenters. The van der Waals surface area contributed by atoms with E-state index in [2.05, 4.69) is 20.9 Å². The fourth-order valence-corrected chi connectivity index (χ4v) is 1.39. The standard InChI is InChI=1S/C10H9BrN2O.ClH/c11-8-3-1-7(2-4-8)10-13-9(5-12)6-14-10;/h1-4,6H,5,12H2;1H. The predicted octanol–water partition coefficient (Wildman–Crippen LogP) is 2.98. The van der Waals surface area contributed by atoms with Gasteiger partial charge in [0.15, 0.2) is 0 Å². The molecule has 2 rings (SSSR count). The van der Waals surface area contributed by atoms with Gasteiger partial charge in [0.25, 0.3) is 0 Å². The van der Waals surface area contributed by atoms with Crippen molar-refractivity contribution in [1.82, 2.24) is 4.98 Å². The Bertz CT molecular complexity index is 427. The van der Waals surface area contributed by atoms with Gasteiger partial charge in [-0.2, -0.15) is 0 Å². The fraction of sp³-hybridized carbons (Fsp3) is 0.100. The largest absolute Gasteiger partial charge is 0.444 e. The number of halogens is 2. The number of rotatable bonds is 2. The third-order valence-electron chi connectivity index (χ3n) is 1.85. The first-order valence-corrected chi connectivity index (χ1v) is 4.99. The summed E-state index contributed by atoms with van der Waals surface area (Å²) < 4.78 is 6.31. The molecule has 0 saturated carbocycles. The molecular formula is C10H10BrClN2O. The Morgan fingerprint density at radius 3 is 2.47 bits per heavy atom. The van der Waals surface area contributed by atoms with Crippen LogP contribution in [0.15, 0.2) is 39.4 Å². The molecule has 0 amide bonds. The molecule has 0 radical (unpaired) electrons. The van der Waals surface area contributed by atoms with Crippen LogP contribution in [0.25, 0.3) is 11.5 Å². The molecule has 0 spiro atoms. The van der Waals surface area contributed by atoms with Gasteiger partial charge < -0.3 is 10.2 Å². The normalized spacial score (nSPS) is 9.73. The lowest BCUT2D eigenvalue weighted by Crippen LogP contribution is -1.95. The van der Waals surface area contributed by atoms with E-state index < -0.39 is 0 Å². The number of nitrogens with two attached hydrogens (primary N) is 1. The number of benzene rings is 1. The van der Waals surface area contributed by atoms with Gasteiger partial charge in [-0.1, -0.05) is 15.9 Å². The second kappa shape index (κ2) is 5.30. The maximum Gasteiger partial charge on any atom is 0.226 e. The van der Waals surface area contributed by atoms with Crippen molar-refractivity contribution >= 4 is 28.3 Å². The summed E-state index contributed by atoms with van der Waals surface area (Å²) in [6.45, 7) is 0.403. The maximum atomic E-state index is 5.44. The lowest BCUT2D eigenvalue weighted by atomic mass is 10.2. The molecule has 0 aliphatic heterocycles. The van der Waals surface area contributed by atoms with Gasteiger partial charge in [0, 0.05) is 16.6 Å². The van der Waals surface area contributed by atoms with Gasteiger partial charge in [-0.05, 0) is 24.3 Å². The molecule has 15 heavy (non-hydrogen) atoms. The molecule has 2 N–H and O–H groups in total. The van der Waals surface area contributed by atoms with Crippen molar-refractivity contribution in [1.29, 1.82) is 0 Å². The molecule has 0 fully saturated rings. The number of nitrogens with zero attached hydrogens (tertiary/aromatic N) is 1. The first kappa shape index (κ1) is 12.2. The van der Waals surface area contributed by atoms with Crippen LogP contribution in [0.1, 0.15) is 5.69 Å². The number of hydrogen-bond donors (Lipinski definition) is 1. The van der Waals surface area contributed by atoms with E-state index in [-0.39, 0.29) is 12.4 Å². The number of aromatic nitrogens is 1. The predicted molar refractivity (Wildman–Crippen MR) is 64.8 cm³/mol. The van der Waals surface area contributed by atoms with Gasteiger partial charge in [-0.25, -0.2) is 4.98 Å². The van der Waals surface area contributed by atoms with E-state index in [9.17, 15) is 0 Å². The van der Waals surface area contributed by atoms with Gasteiger partial charge in [0.2, 0.25) is 5.89 Å². The van der Waals surface area contributed by atoms with Crippen LogP contribution in [0.3, 0.4) is 0 Å². The summed E-state index contributed by atoms with van der Waals surface area (Å²) in [6, 6.07) is 7.77. The first-order chi connectivity index (χ1) is 6.79. The molecule has 1 heterocycles. The van der Waals surface area contributed by atoms with E-state index in [4.69, 9.17) is 10.2 Å². The third-order valence-corrected chi connectivity index (χ3v) is 2.38. The van der Waals surface area contributed by atoms with Crippen LogP contribution in [0.5, 0.6) is 0 Å². The Morgan fingerprint density at radius 1 is 1.27 bits per heavy atom. The molecule has 2 aromatic rings. The minimum atomic E-state index is 0. The fourth-order valence-electron chi connectivity index (χ4n) is 1.13. The topological polar surface area (TPSA) is 52.0 Å². The van der Waals surface area contributed by atoms with Crippen LogP contribution in [0, 0.1) is 0 Å². The lowest BCUT2D eigenvalue weighted by Gasteiger charge is -1.94. The average Bonchev–Trinajstić information content (AvgIpc) is 2.67. The Labute approximate surface area is 102 Å². The van der Waals surface area contributed by atoms with Crippen molar-refractivity contribution in [2.45, 2.75) is 6.54 Å². The molecule has 1 aromatic heterocycles. The lowest BCUT2D eigenvalue weighted by molar-refractivity contribution is 0.572. The van der Waals surface area contributed by atoms with Crippen molar-refractivity contribution in [3.05, 3.63) is 40.7 Å². The summed E-state index contributed by atoms with van der Waals surface area (Å²) in [5, 5.41) is 0. The summed E-state index contributed by atoms with van der Waals surface area (Å²) in [4.78, 5) is 4.22. The zero-order valence-electron chi connectivity index (χ0n) is 7.81. The second-order valence-corrected chi connectivity index (χ2v) is 3.77. The SMILES string of the molecule is Cl.NCc1coc(-c2ccc(Br)cc2)n1. The van der Waals surface area contributed by atoms with E-state index in [1.807, 2.05) is 24.3 Å². The molecule has 1 aromatic carbocycles. The summed E-state index contributed by atoms with van der Waals surface area (Å²) in [7, 11) is 0. The molecule has 0 aliphatic carbocycles. The Hall–Kier alpha value is -0.840. The van der Waals surface area contributed by atoms with Crippen molar-refractivity contribution < 1.29 is 4.42 Å². The van der Waals surface area contributed by atoms with Crippen molar-refractivity contribution in [2.75, 3.05) is 0 Å². The zero-order valence-corrected chi connectivity index (χ0v) is 10.2. The van der Waals surface area contributed by atoms with Gasteiger partial charge >= 0.3 is 0 Å². The van der Waals surface area contributed by atoms with Crippen LogP contribution in [-0.2, 0) is 6.54 Å². The van der Waals surface area contributed by atoms with Crippen molar-refractivity contribution in [3.63, 3.8) is 0 Å². The Kier molecular flexibility index (Phi) is 4.32. The van der Waals surface area contributed by atoms with E-state index in [1.165, 1.54) is 0 Å². The van der Waals surface area contributed by atoms with Gasteiger partial charge in [-0.3, -0.25) is 0 Å². The minimum absolute atomic E-state index is 0. The van der Waals surface area contributed by atoms with Crippen LogP contribution >= 0.6 is 28.3 Å². The summed E-state index contributed by atoms with van der Waals surface area (Å²) in [5.74, 6) is 0.609. The highest BCUT2D eigenvalue weighted by molar-refractivity contribution is 9.10. The quantitative estimate of drug-likeness (QED) is 0.924. The zero-order chi connectivity index (χ0) is 9.97. The molecule has 0 saturated heterocycles. The summed E-state index contributed by atoms with van der Waals surface area (Å²) >= 11 is 3.37. The summed E-state index contributed by atoms with van der Waals surface area (Å²) in [6.07, 6.45) is 1.58.